The molecule has 0 radical (unpaired) electrons. The molecule has 104 valence electrons. The van der Waals surface area contributed by atoms with Crippen LogP contribution in [-0.4, -0.2) is 10.8 Å². The molecule has 0 unspecified atom stereocenters. The van der Waals surface area contributed by atoms with E-state index in [1.54, 1.807) is 5.43 Å². The van der Waals surface area contributed by atoms with E-state index in [4.69, 9.17) is 0 Å². The summed E-state index contributed by atoms with van der Waals surface area (Å²) in [7, 11) is 0. The minimum absolute atomic E-state index is 0. The number of carbonyl (C=O) groups excluding carboxylic acids is 1. The molecule has 0 aliphatic carbocycles. The van der Waals surface area contributed by atoms with Gasteiger partial charge in [-0.25, -0.2) is 5.43 Å². The summed E-state index contributed by atoms with van der Waals surface area (Å²) >= 11 is 0. The van der Waals surface area contributed by atoms with Gasteiger partial charge in [0.05, 0.1) is 10.5 Å². The lowest BCUT2D eigenvalue weighted by Crippen LogP contribution is -3.00. The number of amides is 1. The number of nitro benzene ring substituents is 1. The number of rotatable bonds is 4. The van der Waals surface area contributed by atoms with Gasteiger partial charge in [0.1, 0.15) is 0 Å². The number of non-ortho nitro benzene ring substituents is 1. The molecule has 0 bridgehead atoms. The van der Waals surface area contributed by atoms with Crippen molar-refractivity contribution < 1.29 is 27.6 Å². The smallest absolute Gasteiger partial charge is 0.296 e. The first-order valence-electron chi connectivity index (χ1n) is 5.60. The fourth-order valence-corrected chi connectivity index (χ4v) is 1.54. The summed E-state index contributed by atoms with van der Waals surface area (Å²) in [4.78, 5) is 21.9. The molecule has 0 aliphatic heterocycles. The Bertz CT molecular complexity index is 605. The lowest BCUT2D eigenvalue weighted by Gasteiger charge is -2.03. The van der Waals surface area contributed by atoms with Gasteiger partial charge in [-0.1, -0.05) is 24.3 Å². The Morgan fingerprint density at radius 3 is 2.45 bits per heavy atom. The van der Waals surface area contributed by atoms with Gasteiger partial charge >= 0.3 is 0 Å². The lowest BCUT2D eigenvalue weighted by atomic mass is 10.2. The highest BCUT2D eigenvalue weighted by molar-refractivity contribution is 5.93. The Labute approximate surface area is 121 Å². The summed E-state index contributed by atoms with van der Waals surface area (Å²) in [5.41, 5.74) is 5.15. The second-order valence-corrected chi connectivity index (χ2v) is 3.84. The molecule has 0 saturated heterocycles. The number of benzene rings is 2. The second-order valence-electron chi connectivity index (χ2n) is 3.84. The molecule has 6 nitrogen and oxygen atoms in total. The number of nitrogens with two attached hydrogens (primary N) is 1. The van der Waals surface area contributed by atoms with Crippen molar-refractivity contribution in [2.45, 2.75) is 0 Å². The van der Waals surface area contributed by atoms with Gasteiger partial charge in [0.2, 0.25) is 0 Å². The van der Waals surface area contributed by atoms with Crippen LogP contribution < -0.4 is 23.3 Å². The third kappa shape index (κ3) is 4.04. The standard InChI is InChI=1S/C13H11N3O3.ClH/c17-13(15-14-11-6-2-1-3-7-11)10-5-4-8-12(9-10)16(18)19;/h1-9,14H,(H,15,17);1H. The van der Waals surface area contributed by atoms with Crippen LogP contribution >= 0.6 is 0 Å². The Hall–Kier alpha value is -2.44. The Balaban J connectivity index is 0.00000200. The van der Waals surface area contributed by atoms with E-state index >= 15 is 0 Å². The number of nitrogen functional groups attached to an aromatic ring is 1. The van der Waals surface area contributed by atoms with Gasteiger partial charge in [0.25, 0.3) is 11.6 Å². The van der Waals surface area contributed by atoms with E-state index in [9.17, 15) is 14.9 Å². The van der Waals surface area contributed by atoms with Crippen LogP contribution in [0.4, 0.5) is 11.4 Å². The zero-order valence-corrected chi connectivity index (χ0v) is 11.1. The molecule has 0 heterocycles. The second kappa shape index (κ2) is 7.22. The number of nitro groups is 1. The van der Waals surface area contributed by atoms with Gasteiger partial charge in [0, 0.05) is 24.3 Å². The maximum Gasteiger partial charge on any atom is 0.296 e. The Kier molecular flexibility index (Phi) is 5.64. The quantitative estimate of drug-likeness (QED) is 0.228. The fourth-order valence-electron chi connectivity index (χ4n) is 1.54. The number of nitrogens with zero attached hydrogens (tertiary/aromatic N) is 1. The van der Waals surface area contributed by atoms with Crippen molar-refractivity contribution in [3.63, 3.8) is 0 Å². The molecular formula is C13H12ClN3O3. The van der Waals surface area contributed by atoms with Gasteiger partial charge in [-0.3, -0.25) is 14.9 Å². The molecule has 0 aromatic heterocycles. The zero-order valence-electron chi connectivity index (χ0n) is 10.3. The molecule has 2 aromatic carbocycles. The normalized spacial score (nSPS) is 9.40. The summed E-state index contributed by atoms with van der Waals surface area (Å²) in [6.07, 6.45) is 0. The van der Waals surface area contributed by atoms with Crippen LogP contribution in [0.25, 0.3) is 0 Å². The van der Waals surface area contributed by atoms with Gasteiger partial charge in [-0.05, 0) is 6.07 Å². The van der Waals surface area contributed by atoms with E-state index in [2.05, 4.69) is 5.43 Å². The van der Waals surface area contributed by atoms with Crippen LogP contribution in [0.1, 0.15) is 10.4 Å². The maximum absolute atomic E-state index is 11.8. The highest BCUT2D eigenvalue weighted by Gasteiger charge is 2.12. The lowest BCUT2D eigenvalue weighted by molar-refractivity contribution is -0.618. The highest BCUT2D eigenvalue weighted by atomic mass is 35.5. The average Bonchev–Trinajstić information content (AvgIpc) is 2.46. The summed E-state index contributed by atoms with van der Waals surface area (Å²) in [5, 5.41) is 10.6. The van der Waals surface area contributed by atoms with E-state index in [0.29, 0.717) is 0 Å². The monoisotopic (exact) mass is 293 g/mol. The van der Waals surface area contributed by atoms with Gasteiger partial charge < -0.3 is 12.4 Å². The number of halogens is 1. The van der Waals surface area contributed by atoms with Crippen molar-refractivity contribution in [1.29, 1.82) is 0 Å². The number of quaternary nitrogens is 1. The molecular weight excluding hydrogens is 282 g/mol. The first kappa shape index (κ1) is 15.6. The SMILES string of the molecule is O=C(N[NH2+]c1ccccc1)c1cccc([N+](=O)[O-])c1.[Cl-]. The third-order valence-corrected chi connectivity index (χ3v) is 2.49. The number of carbonyl (C=O) groups is 1. The van der Waals surface area contributed by atoms with Crippen molar-refractivity contribution in [2.75, 3.05) is 0 Å². The fraction of sp³-hybridized carbons (Fsp3) is 0. The molecule has 0 aliphatic rings. The zero-order chi connectivity index (χ0) is 13.7. The molecule has 20 heavy (non-hydrogen) atoms. The number of nitrogens with one attached hydrogen (secondary N) is 1. The van der Waals surface area contributed by atoms with E-state index in [-0.39, 0.29) is 29.6 Å². The van der Waals surface area contributed by atoms with Crippen LogP contribution in [0.2, 0.25) is 0 Å². The number of hydrogen-bond donors (Lipinski definition) is 2. The highest BCUT2D eigenvalue weighted by Crippen LogP contribution is 2.12. The van der Waals surface area contributed by atoms with Gasteiger partial charge in [0.15, 0.2) is 5.69 Å². The molecule has 7 heteroatoms. The summed E-state index contributed by atoms with van der Waals surface area (Å²) in [6, 6.07) is 14.9. The van der Waals surface area contributed by atoms with Crippen molar-refractivity contribution in [1.82, 2.24) is 5.43 Å². The van der Waals surface area contributed by atoms with Gasteiger partial charge in [-0.2, -0.15) is 5.43 Å². The molecule has 0 spiro atoms. The van der Waals surface area contributed by atoms with Gasteiger partial charge in [-0.15, -0.1) is 0 Å². The topological polar surface area (TPSA) is 88.8 Å². The van der Waals surface area contributed by atoms with E-state index in [0.717, 1.165) is 5.69 Å². The average molecular weight is 294 g/mol. The van der Waals surface area contributed by atoms with Crippen molar-refractivity contribution in [3.05, 3.63) is 70.3 Å². The van der Waals surface area contributed by atoms with E-state index in [1.807, 2.05) is 30.3 Å². The summed E-state index contributed by atoms with van der Waals surface area (Å²) < 4.78 is 0. The molecule has 2 aromatic rings. The first-order chi connectivity index (χ1) is 9.16. The summed E-state index contributed by atoms with van der Waals surface area (Å²) in [6.45, 7) is 0. The van der Waals surface area contributed by atoms with E-state index in [1.165, 1.54) is 24.3 Å². The minimum atomic E-state index is -0.530. The third-order valence-electron chi connectivity index (χ3n) is 2.49. The van der Waals surface area contributed by atoms with Crippen molar-refractivity contribution in [2.24, 2.45) is 0 Å². The summed E-state index contributed by atoms with van der Waals surface area (Å²) in [5.74, 6) is -0.382. The van der Waals surface area contributed by atoms with Crippen molar-refractivity contribution in [3.8, 4) is 0 Å². The van der Waals surface area contributed by atoms with Crippen LogP contribution in [-0.2, 0) is 0 Å². The van der Waals surface area contributed by atoms with E-state index < -0.39 is 4.92 Å². The van der Waals surface area contributed by atoms with Crippen LogP contribution in [0.3, 0.4) is 0 Å². The molecule has 0 fully saturated rings. The molecule has 0 atom stereocenters. The van der Waals surface area contributed by atoms with Crippen LogP contribution in [0.15, 0.2) is 54.6 Å². The Morgan fingerprint density at radius 2 is 1.80 bits per heavy atom. The molecule has 3 N–H and O–H groups in total. The number of para-hydroxylation sites is 1. The predicted octanol–water partition coefficient (Wildman–Crippen LogP) is -1.86. The van der Waals surface area contributed by atoms with Crippen molar-refractivity contribution >= 4 is 17.3 Å². The molecule has 2 rings (SSSR count). The number of hydrogen-bond acceptors (Lipinski definition) is 3. The molecule has 0 saturated carbocycles. The first-order valence-corrected chi connectivity index (χ1v) is 5.60. The Morgan fingerprint density at radius 1 is 1.10 bits per heavy atom. The largest absolute Gasteiger partial charge is 1.00 e. The molecule has 1 amide bonds. The minimum Gasteiger partial charge on any atom is -1.00 e. The van der Waals surface area contributed by atoms with Crippen LogP contribution in [0.5, 0.6) is 0 Å². The maximum atomic E-state index is 11.8. The van der Waals surface area contributed by atoms with Crippen LogP contribution in [0, 0.1) is 10.1 Å². The predicted molar refractivity (Wildman–Crippen MR) is 68.6 cm³/mol.